The van der Waals surface area contributed by atoms with Crippen LogP contribution in [0.2, 0.25) is 5.02 Å². The van der Waals surface area contributed by atoms with Gasteiger partial charge in [0.2, 0.25) is 0 Å². The van der Waals surface area contributed by atoms with Gasteiger partial charge in [-0.2, -0.15) is 0 Å². The third-order valence-corrected chi connectivity index (χ3v) is 2.38. The molecule has 4 nitrogen and oxygen atoms in total. The average molecular weight is 398 g/mol. The molecule has 0 saturated carbocycles. The summed E-state index contributed by atoms with van der Waals surface area (Å²) in [4.78, 5) is 4.38. The highest BCUT2D eigenvalue weighted by Gasteiger charge is 1.95. The van der Waals surface area contributed by atoms with Crippen LogP contribution < -0.4 is 15.4 Å². The minimum absolute atomic E-state index is 0. The number of rotatable bonds is 6. The first-order valence-corrected chi connectivity index (χ1v) is 6.54. The second kappa shape index (κ2) is 11.2. The number of nitrogens with one attached hydrogen (secondary N) is 2. The fourth-order valence-electron chi connectivity index (χ4n) is 1.36. The van der Waals surface area contributed by atoms with Crippen LogP contribution in [-0.4, -0.2) is 32.2 Å². The Morgan fingerprint density at radius 2 is 1.74 bits per heavy atom. The van der Waals surface area contributed by atoms with Gasteiger partial charge in [0.15, 0.2) is 5.96 Å². The van der Waals surface area contributed by atoms with Gasteiger partial charge in [-0.05, 0) is 38.1 Å². The van der Waals surface area contributed by atoms with Crippen molar-refractivity contribution in [2.75, 3.05) is 26.2 Å². The van der Waals surface area contributed by atoms with Crippen LogP contribution in [0, 0.1) is 0 Å². The lowest BCUT2D eigenvalue weighted by molar-refractivity contribution is 0.328. The second-order valence-electron chi connectivity index (χ2n) is 3.59. The van der Waals surface area contributed by atoms with Gasteiger partial charge in [0, 0.05) is 18.1 Å². The Labute approximate surface area is 137 Å². The molecule has 0 radical (unpaired) electrons. The van der Waals surface area contributed by atoms with Crippen LogP contribution in [0.25, 0.3) is 0 Å². The maximum atomic E-state index is 5.79. The maximum Gasteiger partial charge on any atom is 0.191 e. The second-order valence-corrected chi connectivity index (χ2v) is 4.03. The molecule has 108 valence electrons. The SMILES string of the molecule is CCNC(=NCCOc1ccc(Cl)cc1)NCC.I. The Balaban J connectivity index is 0.00000324. The van der Waals surface area contributed by atoms with E-state index < -0.39 is 0 Å². The van der Waals surface area contributed by atoms with Gasteiger partial charge in [0.05, 0.1) is 6.54 Å². The molecule has 0 bridgehead atoms. The molecule has 0 aliphatic rings. The monoisotopic (exact) mass is 397 g/mol. The number of nitrogens with zero attached hydrogens (tertiary/aromatic N) is 1. The van der Waals surface area contributed by atoms with Crippen LogP contribution in [0.15, 0.2) is 29.3 Å². The van der Waals surface area contributed by atoms with Gasteiger partial charge in [-0.3, -0.25) is 0 Å². The molecule has 0 heterocycles. The van der Waals surface area contributed by atoms with E-state index in [1.54, 1.807) is 0 Å². The molecule has 0 fully saturated rings. The normalized spacial score (nSPS) is 9.21. The van der Waals surface area contributed by atoms with Crippen molar-refractivity contribution in [3.63, 3.8) is 0 Å². The van der Waals surface area contributed by atoms with E-state index in [0.29, 0.717) is 18.2 Å². The summed E-state index contributed by atoms with van der Waals surface area (Å²) >= 11 is 5.79. The van der Waals surface area contributed by atoms with Gasteiger partial charge in [-0.1, -0.05) is 11.6 Å². The Morgan fingerprint density at radius 3 is 2.26 bits per heavy atom. The summed E-state index contributed by atoms with van der Waals surface area (Å²) in [6.45, 7) is 6.93. The lowest BCUT2D eigenvalue weighted by Gasteiger charge is -2.09. The van der Waals surface area contributed by atoms with Crippen molar-refractivity contribution in [3.8, 4) is 5.75 Å². The molecule has 19 heavy (non-hydrogen) atoms. The molecule has 0 aliphatic carbocycles. The first kappa shape index (κ1) is 18.3. The van der Waals surface area contributed by atoms with E-state index in [-0.39, 0.29) is 24.0 Å². The topological polar surface area (TPSA) is 45.7 Å². The fourth-order valence-corrected chi connectivity index (χ4v) is 1.49. The van der Waals surface area contributed by atoms with E-state index in [9.17, 15) is 0 Å². The van der Waals surface area contributed by atoms with Gasteiger partial charge in [0.25, 0.3) is 0 Å². The Kier molecular flexibility index (Phi) is 10.8. The van der Waals surface area contributed by atoms with Crippen molar-refractivity contribution in [1.82, 2.24) is 10.6 Å². The van der Waals surface area contributed by atoms with Crippen LogP contribution in [0.5, 0.6) is 5.75 Å². The highest BCUT2D eigenvalue weighted by molar-refractivity contribution is 14.0. The molecule has 1 rings (SSSR count). The summed E-state index contributed by atoms with van der Waals surface area (Å²) in [5, 5.41) is 7.02. The standard InChI is InChI=1S/C13H20ClN3O.HI/c1-3-15-13(16-4-2)17-9-10-18-12-7-5-11(14)6-8-12;/h5-8H,3-4,9-10H2,1-2H3,(H2,15,16,17);1H. The number of benzene rings is 1. The van der Waals surface area contributed by atoms with Crippen LogP contribution in [0.4, 0.5) is 0 Å². The molecule has 0 aliphatic heterocycles. The number of ether oxygens (including phenoxy) is 1. The van der Waals surface area contributed by atoms with Crippen molar-refractivity contribution >= 4 is 41.5 Å². The predicted molar refractivity (Wildman–Crippen MR) is 92.0 cm³/mol. The maximum absolute atomic E-state index is 5.79. The van der Waals surface area contributed by atoms with Crippen molar-refractivity contribution in [3.05, 3.63) is 29.3 Å². The van der Waals surface area contributed by atoms with E-state index in [1.807, 2.05) is 38.1 Å². The number of guanidine groups is 1. The van der Waals surface area contributed by atoms with Crippen LogP contribution in [-0.2, 0) is 0 Å². The molecule has 0 spiro atoms. The van der Waals surface area contributed by atoms with Gasteiger partial charge in [-0.15, -0.1) is 24.0 Å². The first-order chi connectivity index (χ1) is 8.76. The first-order valence-electron chi connectivity index (χ1n) is 6.16. The quantitative estimate of drug-likeness (QED) is 0.336. The minimum Gasteiger partial charge on any atom is -0.492 e. The van der Waals surface area contributed by atoms with E-state index in [1.165, 1.54) is 0 Å². The van der Waals surface area contributed by atoms with E-state index in [4.69, 9.17) is 16.3 Å². The number of hydrogen-bond donors (Lipinski definition) is 2. The van der Waals surface area contributed by atoms with Crippen LogP contribution in [0.1, 0.15) is 13.8 Å². The fraction of sp³-hybridized carbons (Fsp3) is 0.462. The number of halogens is 2. The van der Waals surface area contributed by atoms with E-state index >= 15 is 0 Å². The molecule has 0 aromatic heterocycles. The highest BCUT2D eigenvalue weighted by atomic mass is 127. The van der Waals surface area contributed by atoms with Crippen LogP contribution in [0.3, 0.4) is 0 Å². The molecular weight excluding hydrogens is 377 g/mol. The zero-order valence-electron chi connectivity index (χ0n) is 11.3. The Morgan fingerprint density at radius 1 is 1.16 bits per heavy atom. The molecule has 0 amide bonds. The smallest absolute Gasteiger partial charge is 0.191 e. The number of aliphatic imine (C=N–C) groups is 1. The summed E-state index contributed by atoms with van der Waals surface area (Å²) in [5.41, 5.74) is 0. The van der Waals surface area contributed by atoms with E-state index in [2.05, 4.69) is 15.6 Å². The summed E-state index contributed by atoms with van der Waals surface area (Å²) in [6, 6.07) is 7.31. The summed E-state index contributed by atoms with van der Waals surface area (Å²) in [5.74, 6) is 1.63. The molecule has 1 aromatic carbocycles. The minimum atomic E-state index is 0. The van der Waals surface area contributed by atoms with Gasteiger partial charge in [-0.25, -0.2) is 4.99 Å². The molecule has 1 aromatic rings. The lowest BCUT2D eigenvalue weighted by Crippen LogP contribution is -2.37. The predicted octanol–water partition coefficient (Wildman–Crippen LogP) is 2.91. The summed E-state index contributed by atoms with van der Waals surface area (Å²) in [7, 11) is 0. The third kappa shape index (κ3) is 8.15. The van der Waals surface area contributed by atoms with Crippen molar-refractivity contribution in [1.29, 1.82) is 0 Å². The Bertz CT molecular complexity index is 363. The van der Waals surface area contributed by atoms with Crippen LogP contribution >= 0.6 is 35.6 Å². The molecular formula is C13H21ClIN3O. The third-order valence-electron chi connectivity index (χ3n) is 2.13. The summed E-state index contributed by atoms with van der Waals surface area (Å²) in [6.07, 6.45) is 0. The summed E-state index contributed by atoms with van der Waals surface area (Å²) < 4.78 is 5.55. The van der Waals surface area contributed by atoms with E-state index in [0.717, 1.165) is 24.8 Å². The van der Waals surface area contributed by atoms with Gasteiger partial charge in [0.1, 0.15) is 12.4 Å². The van der Waals surface area contributed by atoms with Gasteiger partial charge >= 0.3 is 0 Å². The lowest BCUT2D eigenvalue weighted by atomic mass is 10.3. The van der Waals surface area contributed by atoms with Crippen molar-refractivity contribution in [2.45, 2.75) is 13.8 Å². The number of hydrogen-bond acceptors (Lipinski definition) is 2. The molecule has 6 heteroatoms. The van der Waals surface area contributed by atoms with Crippen molar-refractivity contribution < 1.29 is 4.74 Å². The molecule has 0 saturated heterocycles. The molecule has 2 N–H and O–H groups in total. The highest BCUT2D eigenvalue weighted by Crippen LogP contribution is 2.15. The molecule has 0 atom stereocenters. The largest absolute Gasteiger partial charge is 0.492 e. The zero-order valence-corrected chi connectivity index (χ0v) is 14.4. The Hall–Kier alpha value is -0.690. The van der Waals surface area contributed by atoms with Gasteiger partial charge < -0.3 is 15.4 Å². The molecule has 0 unspecified atom stereocenters. The van der Waals surface area contributed by atoms with Crippen molar-refractivity contribution in [2.24, 2.45) is 4.99 Å². The zero-order chi connectivity index (χ0) is 13.2. The average Bonchev–Trinajstić information content (AvgIpc) is 2.37.